The number of aryl methyl sites for hydroxylation is 1. The summed E-state index contributed by atoms with van der Waals surface area (Å²) < 4.78 is 1.84. The van der Waals surface area contributed by atoms with Crippen molar-refractivity contribution in [2.24, 2.45) is 0 Å². The van der Waals surface area contributed by atoms with Gasteiger partial charge in [-0.05, 0) is 43.4 Å². The third kappa shape index (κ3) is 3.46. The van der Waals surface area contributed by atoms with Crippen LogP contribution in [0.25, 0.3) is 10.8 Å². The number of likely N-dealkylation sites (N-methyl/N-ethyl adjacent to an activating group) is 1. The lowest BCUT2D eigenvalue weighted by atomic mass is 10.00. The summed E-state index contributed by atoms with van der Waals surface area (Å²) in [4.78, 5) is 14.7. The molecule has 1 N–H and O–H groups in total. The normalized spacial score (nSPS) is 11.2. The predicted molar refractivity (Wildman–Crippen MR) is 97.4 cm³/mol. The minimum atomic E-state index is -0.135. The quantitative estimate of drug-likeness (QED) is 0.785. The molecule has 0 atom stereocenters. The first-order valence-corrected chi connectivity index (χ1v) is 8.02. The first-order chi connectivity index (χ1) is 11.5. The molecule has 1 heterocycles. The molecular formula is C19H22N4O. The van der Waals surface area contributed by atoms with E-state index in [2.05, 4.69) is 22.2 Å². The molecular weight excluding hydrogens is 300 g/mol. The Balaban J connectivity index is 1.80. The van der Waals surface area contributed by atoms with E-state index in [1.54, 1.807) is 0 Å². The van der Waals surface area contributed by atoms with E-state index < -0.39 is 0 Å². The molecule has 0 saturated carbocycles. The van der Waals surface area contributed by atoms with Crippen molar-refractivity contribution in [1.82, 2.24) is 14.7 Å². The van der Waals surface area contributed by atoms with E-state index in [1.165, 1.54) is 0 Å². The summed E-state index contributed by atoms with van der Waals surface area (Å²) in [5.74, 6) is 0.437. The van der Waals surface area contributed by atoms with Crippen LogP contribution in [0.5, 0.6) is 0 Å². The number of benzene rings is 2. The maximum Gasteiger partial charge on any atom is 0.257 e. The smallest absolute Gasteiger partial charge is 0.257 e. The van der Waals surface area contributed by atoms with E-state index in [9.17, 15) is 4.79 Å². The maximum atomic E-state index is 12.6. The van der Waals surface area contributed by atoms with Crippen LogP contribution >= 0.6 is 0 Å². The molecule has 3 aromatic rings. The molecule has 0 aliphatic rings. The lowest BCUT2D eigenvalue weighted by molar-refractivity contribution is 0.102. The number of carbonyl (C=O) groups is 1. The molecule has 1 aromatic heterocycles. The first-order valence-electron chi connectivity index (χ1n) is 8.02. The summed E-state index contributed by atoms with van der Waals surface area (Å²) in [5.41, 5.74) is 1.83. The number of hydrogen-bond donors (Lipinski definition) is 1. The van der Waals surface area contributed by atoms with Gasteiger partial charge in [0.1, 0.15) is 0 Å². The molecule has 3 rings (SSSR count). The zero-order valence-electron chi connectivity index (χ0n) is 14.3. The van der Waals surface area contributed by atoms with Gasteiger partial charge < -0.3 is 10.2 Å². The van der Waals surface area contributed by atoms with Crippen molar-refractivity contribution in [2.75, 3.05) is 26.0 Å². The fraction of sp³-hybridized carbons (Fsp3) is 0.263. The molecule has 5 nitrogen and oxygen atoms in total. The van der Waals surface area contributed by atoms with Crippen LogP contribution in [0, 0.1) is 6.92 Å². The molecule has 0 aliphatic carbocycles. The molecule has 0 saturated heterocycles. The van der Waals surface area contributed by atoms with E-state index in [0.717, 1.165) is 29.4 Å². The van der Waals surface area contributed by atoms with Crippen molar-refractivity contribution < 1.29 is 4.79 Å². The Morgan fingerprint density at radius 2 is 1.88 bits per heavy atom. The summed E-state index contributed by atoms with van der Waals surface area (Å²) >= 11 is 0. The number of nitrogens with one attached hydrogen (secondary N) is 1. The maximum absolute atomic E-state index is 12.6. The molecule has 124 valence electrons. The largest absolute Gasteiger partial charge is 0.308 e. The van der Waals surface area contributed by atoms with Crippen LogP contribution in [0.2, 0.25) is 0 Å². The molecule has 5 heteroatoms. The number of anilines is 1. The van der Waals surface area contributed by atoms with E-state index in [-0.39, 0.29) is 5.91 Å². The summed E-state index contributed by atoms with van der Waals surface area (Å²) in [6.07, 6.45) is 1.88. The number of hydrogen-bond acceptors (Lipinski definition) is 3. The topological polar surface area (TPSA) is 50.2 Å². The minimum Gasteiger partial charge on any atom is -0.308 e. The van der Waals surface area contributed by atoms with Crippen molar-refractivity contribution >= 4 is 22.5 Å². The molecule has 0 fully saturated rings. The molecule has 0 unspecified atom stereocenters. The Hall–Kier alpha value is -2.66. The van der Waals surface area contributed by atoms with Gasteiger partial charge in [0.2, 0.25) is 0 Å². The Kier molecular flexibility index (Phi) is 4.62. The highest BCUT2D eigenvalue weighted by Crippen LogP contribution is 2.23. The Morgan fingerprint density at radius 3 is 2.62 bits per heavy atom. The molecule has 24 heavy (non-hydrogen) atoms. The van der Waals surface area contributed by atoms with Crippen molar-refractivity contribution in [3.05, 3.63) is 59.8 Å². The predicted octanol–water partition coefficient (Wildman–Crippen LogP) is 3.16. The average molecular weight is 322 g/mol. The van der Waals surface area contributed by atoms with Crippen LogP contribution < -0.4 is 5.32 Å². The van der Waals surface area contributed by atoms with Gasteiger partial charge in [0.15, 0.2) is 5.82 Å². The summed E-state index contributed by atoms with van der Waals surface area (Å²) in [7, 11) is 4.05. The Labute approximate surface area is 141 Å². The minimum absolute atomic E-state index is 0.135. The van der Waals surface area contributed by atoms with Gasteiger partial charge in [-0.3, -0.25) is 9.48 Å². The first kappa shape index (κ1) is 16.2. The number of amides is 1. The second-order valence-corrected chi connectivity index (χ2v) is 6.20. The lowest BCUT2D eigenvalue weighted by Gasteiger charge is -2.09. The highest BCUT2D eigenvalue weighted by molar-refractivity contribution is 6.13. The Bertz CT molecular complexity index is 867. The molecule has 0 spiro atoms. The monoisotopic (exact) mass is 322 g/mol. The standard InChI is InChI=1S/C19H22N4O/c1-14-8-9-17(16-7-5-4-6-15(14)16)19(24)20-18-10-11-23(21-18)13-12-22(2)3/h4-11H,12-13H2,1-3H3,(H,20,21,24). The fourth-order valence-corrected chi connectivity index (χ4v) is 2.69. The lowest BCUT2D eigenvalue weighted by Crippen LogP contribution is -2.19. The van der Waals surface area contributed by atoms with Gasteiger partial charge in [-0.2, -0.15) is 5.10 Å². The van der Waals surface area contributed by atoms with Crippen LogP contribution in [0.3, 0.4) is 0 Å². The third-order valence-electron chi connectivity index (χ3n) is 4.05. The highest BCUT2D eigenvalue weighted by Gasteiger charge is 2.12. The number of carbonyl (C=O) groups excluding carboxylic acids is 1. The summed E-state index contributed by atoms with van der Waals surface area (Å²) in [6.45, 7) is 3.74. The number of aromatic nitrogens is 2. The number of rotatable bonds is 5. The van der Waals surface area contributed by atoms with Crippen LogP contribution in [0.1, 0.15) is 15.9 Å². The molecule has 2 aromatic carbocycles. The van der Waals surface area contributed by atoms with Crippen LogP contribution in [0.15, 0.2) is 48.7 Å². The SMILES string of the molecule is Cc1ccc(C(=O)Nc2ccn(CCN(C)C)n2)c2ccccc12. The van der Waals surface area contributed by atoms with Gasteiger partial charge in [-0.25, -0.2) is 0 Å². The van der Waals surface area contributed by atoms with Crippen LogP contribution in [-0.2, 0) is 6.54 Å². The summed E-state index contributed by atoms with van der Waals surface area (Å²) in [5, 5.41) is 9.36. The van der Waals surface area contributed by atoms with Gasteiger partial charge in [0, 0.05) is 24.4 Å². The van der Waals surface area contributed by atoms with E-state index in [1.807, 2.05) is 67.4 Å². The molecule has 0 radical (unpaired) electrons. The van der Waals surface area contributed by atoms with Crippen LogP contribution in [0.4, 0.5) is 5.82 Å². The Morgan fingerprint density at radius 1 is 1.12 bits per heavy atom. The summed E-state index contributed by atoms with van der Waals surface area (Å²) in [6, 6.07) is 13.6. The van der Waals surface area contributed by atoms with Gasteiger partial charge >= 0.3 is 0 Å². The number of nitrogens with zero attached hydrogens (tertiary/aromatic N) is 3. The molecule has 0 aliphatic heterocycles. The molecule has 0 bridgehead atoms. The fourth-order valence-electron chi connectivity index (χ4n) is 2.69. The van der Waals surface area contributed by atoms with Crippen molar-refractivity contribution in [1.29, 1.82) is 0 Å². The second-order valence-electron chi connectivity index (χ2n) is 6.20. The second kappa shape index (κ2) is 6.84. The van der Waals surface area contributed by atoms with Crippen LogP contribution in [-0.4, -0.2) is 41.2 Å². The number of fused-ring (bicyclic) bond motifs is 1. The zero-order chi connectivity index (χ0) is 17.1. The molecule has 1 amide bonds. The highest BCUT2D eigenvalue weighted by atomic mass is 16.1. The van der Waals surface area contributed by atoms with E-state index in [4.69, 9.17) is 0 Å². The van der Waals surface area contributed by atoms with Crippen molar-refractivity contribution in [3.63, 3.8) is 0 Å². The van der Waals surface area contributed by atoms with Gasteiger partial charge in [-0.15, -0.1) is 0 Å². The van der Waals surface area contributed by atoms with Crippen molar-refractivity contribution in [2.45, 2.75) is 13.5 Å². The van der Waals surface area contributed by atoms with Crippen molar-refractivity contribution in [3.8, 4) is 0 Å². The van der Waals surface area contributed by atoms with Gasteiger partial charge in [0.25, 0.3) is 5.91 Å². The van der Waals surface area contributed by atoms with E-state index in [0.29, 0.717) is 11.4 Å². The third-order valence-corrected chi connectivity index (χ3v) is 4.05. The van der Waals surface area contributed by atoms with E-state index >= 15 is 0 Å². The zero-order valence-corrected chi connectivity index (χ0v) is 14.3. The average Bonchev–Trinajstić information content (AvgIpc) is 3.01. The van der Waals surface area contributed by atoms with Gasteiger partial charge in [-0.1, -0.05) is 30.3 Å². The van der Waals surface area contributed by atoms with Gasteiger partial charge in [0.05, 0.1) is 6.54 Å².